The second kappa shape index (κ2) is 5.10. The van der Waals surface area contributed by atoms with Gasteiger partial charge in [0.05, 0.1) is 4.88 Å². The van der Waals surface area contributed by atoms with Crippen LogP contribution in [0.25, 0.3) is 0 Å². The number of carbonyl (C=O) groups excluding carboxylic acids is 1. The number of rotatable bonds is 3. The van der Waals surface area contributed by atoms with Crippen LogP contribution in [-0.2, 0) is 6.42 Å². The SMILES string of the molecule is Cc1cc(F)ccc1CC(=O)c1cc(Br)cs1. The first-order valence-corrected chi connectivity index (χ1v) is 6.76. The van der Waals surface area contributed by atoms with E-state index in [2.05, 4.69) is 15.9 Å². The summed E-state index contributed by atoms with van der Waals surface area (Å²) in [5.41, 5.74) is 1.69. The number of carbonyl (C=O) groups is 1. The zero-order chi connectivity index (χ0) is 12.4. The van der Waals surface area contributed by atoms with Crippen molar-refractivity contribution in [2.45, 2.75) is 13.3 Å². The molecule has 0 atom stereocenters. The highest BCUT2D eigenvalue weighted by atomic mass is 79.9. The van der Waals surface area contributed by atoms with E-state index in [1.165, 1.54) is 23.5 Å². The van der Waals surface area contributed by atoms with Gasteiger partial charge >= 0.3 is 0 Å². The van der Waals surface area contributed by atoms with Gasteiger partial charge in [-0.05, 0) is 52.2 Å². The van der Waals surface area contributed by atoms with E-state index in [0.717, 1.165) is 20.5 Å². The summed E-state index contributed by atoms with van der Waals surface area (Å²) in [5.74, 6) is -0.201. The fraction of sp³-hybridized carbons (Fsp3) is 0.154. The molecule has 1 heterocycles. The fourth-order valence-corrected chi connectivity index (χ4v) is 2.94. The van der Waals surface area contributed by atoms with Crippen LogP contribution in [0, 0.1) is 12.7 Å². The summed E-state index contributed by atoms with van der Waals surface area (Å²) in [6, 6.07) is 6.32. The van der Waals surface area contributed by atoms with E-state index in [-0.39, 0.29) is 11.6 Å². The van der Waals surface area contributed by atoms with Crippen LogP contribution in [0.3, 0.4) is 0 Å². The van der Waals surface area contributed by atoms with E-state index >= 15 is 0 Å². The molecule has 0 aliphatic heterocycles. The highest BCUT2D eigenvalue weighted by Crippen LogP contribution is 2.22. The van der Waals surface area contributed by atoms with Crippen LogP contribution in [-0.4, -0.2) is 5.78 Å². The molecule has 1 aromatic carbocycles. The third kappa shape index (κ3) is 3.01. The summed E-state index contributed by atoms with van der Waals surface area (Å²) in [5, 5.41) is 1.88. The molecule has 1 aromatic heterocycles. The molecule has 0 saturated heterocycles. The van der Waals surface area contributed by atoms with Gasteiger partial charge in [-0.3, -0.25) is 4.79 Å². The Labute approximate surface area is 111 Å². The molecule has 0 aliphatic rings. The maximum absolute atomic E-state index is 12.9. The molecule has 4 heteroatoms. The van der Waals surface area contributed by atoms with Crippen molar-refractivity contribution in [1.29, 1.82) is 0 Å². The Hall–Kier alpha value is -1.000. The number of hydrogen-bond donors (Lipinski definition) is 0. The second-order valence-electron chi connectivity index (χ2n) is 3.80. The lowest BCUT2D eigenvalue weighted by atomic mass is 10.0. The van der Waals surface area contributed by atoms with E-state index in [0.29, 0.717) is 6.42 Å². The van der Waals surface area contributed by atoms with E-state index in [1.54, 1.807) is 6.07 Å². The molecule has 1 nitrogen and oxygen atoms in total. The van der Waals surface area contributed by atoms with Crippen molar-refractivity contribution in [3.05, 3.63) is 55.9 Å². The van der Waals surface area contributed by atoms with Gasteiger partial charge in [0, 0.05) is 16.3 Å². The molecule has 0 fully saturated rings. The largest absolute Gasteiger partial charge is 0.293 e. The van der Waals surface area contributed by atoms with Crippen molar-refractivity contribution in [3.63, 3.8) is 0 Å². The summed E-state index contributed by atoms with van der Waals surface area (Å²) >= 11 is 4.73. The monoisotopic (exact) mass is 312 g/mol. The first-order valence-electron chi connectivity index (χ1n) is 5.08. The Morgan fingerprint density at radius 2 is 2.18 bits per heavy atom. The number of thiophene rings is 1. The van der Waals surface area contributed by atoms with Gasteiger partial charge in [0.15, 0.2) is 5.78 Å². The van der Waals surface area contributed by atoms with Gasteiger partial charge in [-0.2, -0.15) is 0 Å². The van der Waals surface area contributed by atoms with Gasteiger partial charge < -0.3 is 0 Å². The van der Waals surface area contributed by atoms with Crippen LogP contribution in [0.15, 0.2) is 34.1 Å². The minimum absolute atomic E-state index is 0.0652. The molecule has 0 saturated carbocycles. The van der Waals surface area contributed by atoms with Gasteiger partial charge in [0.25, 0.3) is 0 Å². The lowest BCUT2D eigenvalue weighted by Crippen LogP contribution is -2.03. The molecular formula is C13H10BrFOS. The lowest BCUT2D eigenvalue weighted by Gasteiger charge is -2.04. The normalized spacial score (nSPS) is 10.5. The second-order valence-corrected chi connectivity index (χ2v) is 5.63. The zero-order valence-corrected chi connectivity index (χ0v) is 11.6. The average Bonchev–Trinajstić information content (AvgIpc) is 2.69. The lowest BCUT2D eigenvalue weighted by molar-refractivity contribution is 0.0996. The fourth-order valence-electron chi connectivity index (χ4n) is 1.58. The quantitative estimate of drug-likeness (QED) is 0.768. The third-order valence-corrected chi connectivity index (χ3v) is 4.23. The van der Waals surface area contributed by atoms with Crippen molar-refractivity contribution in [3.8, 4) is 0 Å². The molecule has 0 aliphatic carbocycles. The Bertz CT molecular complexity index is 562. The Balaban J connectivity index is 2.18. The Morgan fingerprint density at radius 3 is 2.76 bits per heavy atom. The summed E-state index contributed by atoms with van der Waals surface area (Å²) in [7, 11) is 0. The molecule has 0 unspecified atom stereocenters. The van der Waals surface area contributed by atoms with Crippen LogP contribution >= 0.6 is 27.3 Å². The van der Waals surface area contributed by atoms with Crippen LogP contribution < -0.4 is 0 Å². The molecule has 2 rings (SSSR count). The van der Waals surface area contributed by atoms with Crippen molar-refractivity contribution < 1.29 is 9.18 Å². The minimum Gasteiger partial charge on any atom is -0.293 e. The van der Waals surface area contributed by atoms with Crippen LogP contribution in [0.1, 0.15) is 20.8 Å². The van der Waals surface area contributed by atoms with Gasteiger partial charge in [-0.15, -0.1) is 11.3 Å². The smallest absolute Gasteiger partial charge is 0.177 e. The van der Waals surface area contributed by atoms with Gasteiger partial charge in [0.2, 0.25) is 0 Å². The molecular weight excluding hydrogens is 303 g/mol. The van der Waals surface area contributed by atoms with Crippen molar-refractivity contribution in [2.24, 2.45) is 0 Å². The minimum atomic E-state index is -0.266. The van der Waals surface area contributed by atoms with E-state index in [9.17, 15) is 9.18 Å². The molecule has 0 amide bonds. The summed E-state index contributed by atoms with van der Waals surface area (Å²) in [4.78, 5) is 12.7. The Kier molecular flexibility index (Phi) is 3.74. The number of halogens is 2. The van der Waals surface area contributed by atoms with Crippen molar-refractivity contribution in [1.82, 2.24) is 0 Å². The van der Waals surface area contributed by atoms with Crippen LogP contribution in [0.2, 0.25) is 0 Å². The van der Waals surface area contributed by atoms with Crippen molar-refractivity contribution in [2.75, 3.05) is 0 Å². The van der Waals surface area contributed by atoms with Crippen LogP contribution in [0.4, 0.5) is 4.39 Å². The van der Waals surface area contributed by atoms with E-state index in [4.69, 9.17) is 0 Å². The average molecular weight is 313 g/mol. The molecule has 17 heavy (non-hydrogen) atoms. The summed E-state index contributed by atoms with van der Waals surface area (Å²) in [6.45, 7) is 1.82. The number of hydrogen-bond acceptors (Lipinski definition) is 2. The van der Waals surface area contributed by atoms with Gasteiger partial charge in [0.1, 0.15) is 5.82 Å². The molecule has 0 spiro atoms. The molecule has 0 radical (unpaired) electrons. The molecule has 0 bridgehead atoms. The predicted octanol–water partition coefficient (Wildman–Crippen LogP) is 4.38. The Morgan fingerprint density at radius 1 is 1.41 bits per heavy atom. The predicted molar refractivity (Wildman–Crippen MR) is 71.2 cm³/mol. The molecule has 88 valence electrons. The topological polar surface area (TPSA) is 17.1 Å². The van der Waals surface area contributed by atoms with Crippen molar-refractivity contribution >= 4 is 33.0 Å². The number of Topliss-reactive ketones (excluding diaryl/α,β-unsaturated/α-hetero) is 1. The number of ketones is 1. The highest BCUT2D eigenvalue weighted by molar-refractivity contribution is 9.10. The van der Waals surface area contributed by atoms with Crippen LogP contribution in [0.5, 0.6) is 0 Å². The number of aryl methyl sites for hydroxylation is 1. The maximum atomic E-state index is 12.9. The number of benzene rings is 1. The van der Waals surface area contributed by atoms with E-state index < -0.39 is 0 Å². The standard InChI is InChI=1S/C13H10BrFOS/c1-8-4-11(15)3-2-9(8)5-12(16)13-6-10(14)7-17-13/h2-4,6-7H,5H2,1H3. The maximum Gasteiger partial charge on any atom is 0.177 e. The first kappa shape index (κ1) is 12.5. The van der Waals surface area contributed by atoms with E-state index in [1.807, 2.05) is 18.4 Å². The summed E-state index contributed by atoms with van der Waals surface area (Å²) < 4.78 is 13.8. The molecule has 0 N–H and O–H groups in total. The first-order chi connectivity index (χ1) is 8.06. The highest BCUT2D eigenvalue weighted by Gasteiger charge is 2.11. The van der Waals surface area contributed by atoms with Gasteiger partial charge in [-0.1, -0.05) is 6.07 Å². The molecule has 2 aromatic rings. The van der Waals surface area contributed by atoms with Gasteiger partial charge in [-0.25, -0.2) is 4.39 Å². The zero-order valence-electron chi connectivity index (χ0n) is 9.17. The third-order valence-electron chi connectivity index (χ3n) is 2.50. The summed E-state index contributed by atoms with van der Waals surface area (Å²) in [6.07, 6.45) is 0.319.